The van der Waals surface area contributed by atoms with Gasteiger partial charge in [-0.15, -0.1) is 0 Å². The van der Waals surface area contributed by atoms with Gasteiger partial charge in [0.2, 0.25) is 5.91 Å². The maximum atomic E-state index is 13.1. The zero-order valence-electron chi connectivity index (χ0n) is 17.2. The van der Waals surface area contributed by atoms with E-state index in [1.807, 2.05) is 64.8 Å². The molecule has 2 atom stereocenters. The molecule has 2 aromatic heterocycles. The Morgan fingerprint density at radius 2 is 1.93 bits per heavy atom. The number of thiazole rings is 1. The van der Waals surface area contributed by atoms with E-state index in [4.69, 9.17) is 0 Å². The van der Waals surface area contributed by atoms with Crippen LogP contribution in [0.25, 0.3) is 15.3 Å². The molecule has 0 spiro atoms. The van der Waals surface area contributed by atoms with Gasteiger partial charge in [-0.2, -0.15) is 11.8 Å². The number of thioether (sulfide) groups is 1. The van der Waals surface area contributed by atoms with Gasteiger partial charge in [-0.3, -0.25) is 9.59 Å². The van der Waals surface area contributed by atoms with Gasteiger partial charge in [-0.25, -0.2) is 4.98 Å². The van der Waals surface area contributed by atoms with E-state index < -0.39 is 6.04 Å². The molecule has 1 aromatic carbocycles. The molecule has 1 fully saturated rings. The van der Waals surface area contributed by atoms with Crippen molar-refractivity contribution in [2.75, 3.05) is 24.6 Å². The number of benzene rings is 1. The standard InChI is InChI=1S/C22H26N4O2S2/c1-3-15(2)19(21(28)25-10-12-29-13-11-25)24-20(27)16-6-7-17-18(14-16)30-22(23-17)26-8-4-5-9-26/h4-9,14-15,19H,3,10-13H2,1-2H3,(H,24,27)/t15-,19-/m1/s1. The van der Waals surface area contributed by atoms with E-state index in [9.17, 15) is 9.59 Å². The Morgan fingerprint density at radius 1 is 1.20 bits per heavy atom. The second-order valence-electron chi connectivity index (χ2n) is 7.54. The summed E-state index contributed by atoms with van der Waals surface area (Å²) in [5.41, 5.74) is 1.42. The van der Waals surface area contributed by atoms with E-state index in [0.29, 0.717) is 5.56 Å². The second kappa shape index (κ2) is 9.22. The lowest BCUT2D eigenvalue weighted by Crippen LogP contribution is -2.53. The number of nitrogens with one attached hydrogen (secondary N) is 1. The molecule has 0 bridgehead atoms. The maximum Gasteiger partial charge on any atom is 0.251 e. The highest BCUT2D eigenvalue weighted by Crippen LogP contribution is 2.26. The largest absolute Gasteiger partial charge is 0.340 e. The van der Waals surface area contributed by atoms with Gasteiger partial charge in [0, 0.05) is 42.6 Å². The van der Waals surface area contributed by atoms with Crippen LogP contribution in [-0.4, -0.2) is 56.9 Å². The van der Waals surface area contributed by atoms with Crippen molar-refractivity contribution < 1.29 is 9.59 Å². The molecular weight excluding hydrogens is 416 g/mol. The first kappa shape index (κ1) is 20.9. The number of amides is 2. The summed E-state index contributed by atoms with van der Waals surface area (Å²) in [4.78, 5) is 32.7. The minimum Gasteiger partial charge on any atom is -0.340 e. The maximum absolute atomic E-state index is 13.1. The molecule has 30 heavy (non-hydrogen) atoms. The highest BCUT2D eigenvalue weighted by Gasteiger charge is 2.31. The van der Waals surface area contributed by atoms with Gasteiger partial charge in [0.15, 0.2) is 5.13 Å². The molecule has 2 amide bonds. The number of hydrogen-bond acceptors (Lipinski definition) is 5. The zero-order chi connectivity index (χ0) is 21.1. The molecule has 158 valence electrons. The average Bonchev–Trinajstić information content (AvgIpc) is 3.46. The molecule has 8 heteroatoms. The van der Waals surface area contributed by atoms with Gasteiger partial charge in [0.25, 0.3) is 5.91 Å². The number of rotatable bonds is 6. The molecular formula is C22H26N4O2S2. The first-order valence-electron chi connectivity index (χ1n) is 10.3. The number of fused-ring (bicyclic) bond motifs is 1. The van der Waals surface area contributed by atoms with E-state index >= 15 is 0 Å². The quantitative estimate of drug-likeness (QED) is 0.630. The van der Waals surface area contributed by atoms with Crippen LogP contribution in [0.1, 0.15) is 30.6 Å². The number of hydrogen-bond donors (Lipinski definition) is 1. The monoisotopic (exact) mass is 442 g/mol. The van der Waals surface area contributed by atoms with Crippen molar-refractivity contribution in [2.24, 2.45) is 5.92 Å². The van der Waals surface area contributed by atoms with Crippen molar-refractivity contribution in [2.45, 2.75) is 26.3 Å². The van der Waals surface area contributed by atoms with Gasteiger partial charge in [0.05, 0.1) is 10.2 Å². The fourth-order valence-electron chi connectivity index (χ4n) is 3.51. The first-order valence-corrected chi connectivity index (χ1v) is 12.2. The number of nitrogens with zero attached hydrogens (tertiary/aromatic N) is 3. The highest BCUT2D eigenvalue weighted by atomic mass is 32.2. The van der Waals surface area contributed by atoms with Crippen molar-refractivity contribution in [3.63, 3.8) is 0 Å². The summed E-state index contributed by atoms with van der Waals surface area (Å²) < 4.78 is 2.91. The van der Waals surface area contributed by atoms with Crippen molar-refractivity contribution in [3.8, 4) is 5.13 Å². The van der Waals surface area contributed by atoms with Crippen LogP contribution in [-0.2, 0) is 4.79 Å². The third-order valence-electron chi connectivity index (χ3n) is 5.55. The summed E-state index contributed by atoms with van der Waals surface area (Å²) in [6.07, 6.45) is 4.73. The van der Waals surface area contributed by atoms with Crippen LogP contribution in [0.15, 0.2) is 42.7 Å². The van der Waals surface area contributed by atoms with E-state index in [1.54, 1.807) is 6.07 Å². The topological polar surface area (TPSA) is 67.2 Å². The Kier molecular flexibility index (Phi) is 6.43. The van der Waals surface area contributed by atoms with Gasteiger partial charge in [-0.05, 0) is 36.2 Å². The van der Waals surface area contributed by atoms with Crippen LogP contribution in [0.2, 0.25) is 0 Å². The SMILES string of the molecule is CC[C@@H](C)[C@@H](NC(=O)c1ccc2nc(-n3cccc3)sc2c1)C(=O)N1CCSCC1. The van der Waals surface area contributed by atoms with Crippen LogP contribution in [0.3, 0.4) is 0 Å². The van der Waals surface area contributed by atoms with Crippen LogP contribution in [0.5, 0.6) is 0 Å². The Labute approximate surface area is 184 Å². The average molecular weight is 443 g/mol. The molecule has 1 aliphatic rings. The summed E-state index contributed by atoms with van der Waals surface area (Å²) in [5.74, 6) is 1.81. The molecule has 1 saturated heterocycles. The number of aromatic nitrogens is 2. The molecule has 0 radical (unpaired) electrons. The zero-order valence-corrected chi connectivity index (χ0v) is 18.8. The molecule has 4 rings (SSSR count). The molecule has 0 saturated carbocycles. The van der Waals surface area contributed by atoms with Gasteiger partial charge < -0.3 is 14.8 Å². The van der Waals surface area contributed by atoms with Crippen LogP contribution >= 0.6 is 23.1 Å². The van der Waals surface area contributed by atoms with E-state index in [0.717, 1.165) is 46.4 Å². The van der Waals surface area contributed by atoms with E-state index in [-0.39, 0.29) is 17.7 Å². The second-order valence-corrected chi connectivity index (χ2v) is 9.78. The number of carbonyl (C=O) groups is 2. The summed E-state index contributed by atoms with van der Waals surface area (Å²) in [5, 5.41) is 3.89. The van der Waals surface area contributed by atoms with Crippen molar-refractivity contribution in [3.05, 3.63) is 48.3 Å². The molecule has 6 nitrogen and oxygen atoms in total. The predicted molar refractivity (Wildman–Crippen MR) is 124 cm³/mol. The molecule has 3 heterocycles. The van der Waals surface area contributed by atoms with E-state index in [2.05, 4.69) is 17.2 Å². The minimum absolute atomic E-state index is 0.0340. The third kappa shape index (κ3) is 4.39. The Bertz CT molecular complexity index is 1030. The lowest BCUT2D eigenvalue weighted by atomic mass is 9.97. The first-order chi connectivity index (χ1) is 14.6. The summed E-state index contributed by atoms with van der Waals surface area (Å²) in [7, 11) is 0. The Morgan fingerprint density at radius 3 is 2.63 bits per heavy atom. The van der Waals surface area contributed by atoms with Crippen LogP contribution in [0, 0.1) is 5.92 Å². The van der Waals surface area contributed by atoms with E-state index in [1.165, 1.54) is 11.3 Å². The minimum atomic E-state index is -0.502. The normalized spacial score (nSPS) is 16.4. The number of carbonyl (C=O) groups excluding carboxylic acids is 2. The van der Waals surface area contributed by atoms with Gasteiger partial charge >= 0.3 is 0 Å². The Balaban J connectivity index is 1.54. The van der Waals surface area contributed by atoms with Crippen LogP contribution in [0.4, 0.5) is 0 Å². The van der Waals surface area contributed by atoms with Crippen molar-refractivity contribution in [1.29, 1.82) is 0 Å². The third-order valence-corrected chi connectivity index (χ3v) is 7.53. The van der Waals surface area contributed by atoms with Crippen molar-refractivity contribution >= 4 is 45.1 Å². The molecule has 3 aromatic rings. The lowest BCUT2D eigenvalue weighted by molar-refractivity contribution is -0.134. The highest BCUT2D eigenvalue weighted by molar-refractivity contribution is 7.99. The Hall–Kier alpha value is -2.32. The predicted octanol–water partition coefficient (Wildman–Crippen LogP) is 3.81. The van der Waals surface area contributed by atoms with Gasteiger partial charge in [0.1, 0.15) is 6.04 Å². The lowest BCUT2D eigenvalue weighted by Gasteiger charge is -2.32. The fourth-order valence-corrected chi connectivity index (χ4v) is 5.39. The molecule has 1 aliphatic heterocycles. The fraction of sp³-hybridized carbons (Fsp3) is 0.409. The summed E-state index contributed by atoms with van der Waals surface area (Å²) >= 11 is 3.41. The van der Waals surface area contributed by atoms with Crippen LogP contribution < -0.4 is 5.32 Å². The summed E-state index contributed by atoms with van der Waals surface area (Å²) in [6.45, 7) is 5.58. The molecule has 0 unspecified atom stereocenters. The smallest absolute Gasteiger partial charge is 0.251 e. The molecule has 0 aliphatic carbocycles. The summed E-state index contributed by atoms with van der Waals surface area (Å²) in [6, 6.07) is 8.93. The van der Waals surface area contributed by atoms with Crippen molar-refractivity contribution in [1.82, 2.24) is 19.8 Å². The van der Waals surface area contributed by atoms with Gasteiger partial charge in [-0.1, -0.05) is 31.6 Å². The molecule has 1 N–H and O–H groups in total.